The van der Waals surface area contributed by atoms with Gasteiger partial charge in [-0.25, -0.2) is 5.43 Å². The normalized spacial score (nSPS) is 26.6. The molecule has 1 aromatic rings. The molecule has 2 aliphatic heterocycles. The summed E-state index contributed by atoms with van der Waals surface area (Å²) in [5, 5.41) is 0. The van der Waals surface area contributed by atoms with E-state index in [1.54, 1.807) is 7.11 Å². The minimum absolute atomic E-state index is 0.167. The summed E-state index contributed by atoms with van der Waals surface area (Å²) < 4.78 is 16.3. The summed E-state index contributed by atoms with van der Waals surface area (Å²) in [5.74, 6) is 0.894. The van der Waals surface area contributed by atoms with Crippen molar-refractivity contribution in [1.29, 1.82) is 0 Å². The van der Waals surface area contributed by atoms with Crippen LogP contribution in [-0.4, -0.2) is 69.5 Å². The van der Waals surface area contributed by atoms with Gasteiger partial charge in [-0.3, -0.25) is 15.1 Å². The highest BCUT2D eigenvalue weighted by Crippen LogP contribution is 2.18. The van der Waals surface area contributed by atoms with Gasteiger partial charge in [-0.1, -0.05) is 12.1 Å². The molecule has 2 aliphatic rings. The van der Waals surface area contributed by atoms with Crippen molar-refractivity contribution in [2.24, 2.45) is 5.92 Å². The number of benzene rings is 1. The largest absolute Gasteiger partial charge is 0.497 e. The first-order valence-corrected chi connectivity index (χ1v) is 9.31. The van der Waals surface area contributed by atoms with Crippen LogP contribution in [0.5, 0.6) is 5.75 Å². The van der Waals surface area contributed by atoms with Crippen LogP contribution in [0.3, 0.4) is 0 Å². The molecule has 3 rings (SSSR count). The molecule has 2 heterocycles. The van der Waals surface area contributed by atoms with Crippen LogP contribution in [0.2, 0.25) is 0 Å². The van der Waals surface area contributed by atoms with E-state index in [0.29, 0.717) is 6.61 Å². The van der Waals surface area contributed by atoms with Gasteiger partial charge < -0.3 is 14.2 Å². The lowest BCUT2D eigenvalue weighted by Crippen LogP contribution is -2.48. The van der Waals surface area contributed by atoms with Gasteiger partial charge >= 0.3 is 5.97 Å². The second-order valence-corrected chi connectivity index (χ2v) is 6.82. The number of morpholine rings is 1. The van der Waals surface area contributed by atoms with Gasteiger partial charge in [0.05, 0.1) is 26.4 Å². The predicted molar refractivity (Wildman–Crippen MR) is 97.9 cm³/mol. The number of esters is 1. The molecule has 0 bridgehead atoms. The number of hydrazine groups is 1. The zero-order chi connectivity index (χ0) is 18.4. The van der Waals surface area contributed by atoms with Gasteiger partial charge in [0.2, 0.25) is 0 Å². The predicted octanol–water partition coefficient (Wildman–Crippen LogP) is 0.594. The van der Waals surface area contributed by atoms with Gasteiger partial charge in [0.15, 0.2) is 0 Å². The third-order valence-corrected chi connectivity index (χ3v) is 4.97. The Morgan fingerprint density at radius 2 is 2.15 bits per heavy atom. The van der Waals surface area contributed by atoms with Crippen molar-refractivity contribution < 1.29 is 19.0 Å². The Balaban J connectivity index is 1.52. The number of methoxy groups -OCH3 is 1. The Morgan fingerprint density at radius 1 is 1.35 bits per heavy atom. The molecule has 0 aromatic heterocycles. The highest BCUT2D eigenvalue weighted by atomic mass is 16.5. The molecule has 3 atom stereocenters. The molecular formula is C19H29N3O4. The summed E-state index contributed by atoms with van der Waals surface area (Å²) in [6, 6.07) is 7.86. The van der Waals surface area contributed by atoms with E-state index in [1.165, 1.54) is 5.56 Å². The fourth-order valence-electron chi connectivity index (χ4n) is 3.61. The van der Waals surface area contributed by atoms with Crippen LogP contribution < -0.4 is 15.6 Å². The van der Waals surface area contributed by atoms with Crippen LogP contribution in [0, 0.1) is 5.92 Å². The van der Waals surface area contributed by atoms with Gasteiger partial charge in [-0.05, 0) is 31.0 Å². The molecule has 1 aromatic carbocycles. The number of ether oxygens (including phenoxy) is 3. The Labute approximate surface area is 154 Å². The van der Waals surface area contributed by atoms with E-state index in [4.69, 9.17) is 14.2 Å². The summed E-state index contributed by atoms with van der Waals surface area (Å²) >= 11 is 0. The molecule has 2 N–H and O–H groups in total. The lowest BCUT2D eigenvalue weighted by molar-refractivity contribution is -0.146. The molecular weight excluding hydrogens is 334 g/mol. The lowest BCUT2D eigenvalue weighted by atomic mass is 10.00. The maximum absolute atomic E-state index is 12.1. The number of hydrogen-bond donors (Lipinski definition) is 2. The van der Waals surface area contributed by atoms with Crippen LogP contribution in [-0.2, 0) is 20.7 Å². The van der Waals surface area contributed by atoms with Crippen molar-refractivity contribution in [3.05, 3.63) is 29.8 Å². The maximum atomic E-state index is 12.1. The van der Waals surface area contributed by atoms with Crippen LogP contribution in [0.15, 0.2) is 24.3 Å². The minimum Gasteiger partial charge on any atom is -0.497 e. The van der Waals surface area contributed by atoms with E-state index in [1.807, 2.05) is 19.1 Å². The van der Waals surface area contributed by atoms with Crippen LogP contribution >= 0.6 is 0 Å². The van der Waals surface area contributed by atoms with Gasteiger partial charge in [0.1, 0.15) is 11.8 Å². The summed E-state index contributed by atoms with van der Waals surface area (Å²) in [5.41, 5.74) is 7.38. The number of rotatable bonds is 7. The van der Waals surface area contributed by atoms with Crippen molar-refractivity contribution >= 4 is 5.97 Å². The zero-order valence-electron chi connectivity index (χ0n) is 15.6. The van der Waals surface area contributed by atoms with Crippen LogP contribution in [0.4, 0.5) is 0 Å². The van der Waals surface area contributed by atoms with Crippen molar-refractivity contribution in [1.82, 2.24) is 15.8 Å². The van der Waals surface area contributed by atoms with Gasteiger partial charge in [-0.2, -0.15) is 0 Å². The van der Waals surface area contributed by atoms with Crippen LogP contribution in [0.1, 0.15) is 12.5 Å². The van der Waals surface area contributed by atoms with E-state index in [9.17, 15) is 4.79 Å². The number of nitrogens with one attached hydrogen (secondary N) is 2. The second kappa shape index (κ2) is 9.32. The molecule has 0 amide bonds. The molecule has 3 unspecified atom stereocenters. The molecule has 26 heavy (non-hydrogen) atoms. The summed E-state index contributed by atoms with van der Waals surface area (Å²) in [6.07, 6.45) is 1.05. The van der Waals surface area contributed by atoms with Gasteiger partial charge in [0, 0.05) is 32.1 Å². The molecule has 7 nitrogen and oxygen atoms in total. The smallest absolute Gasteiger partial charge is 0.324 e. The summed E-state index contributed by atoms with van der Waals surface area (Å²) in [7, 11) is 1.67. The third-order valence-electron chi connectivity index (χ3n) is 4.97. The van der Waals surface area contributed by atoms with Crippen LogP contribution in [0.25, 0.3) is 0 Å². The summed E-state index contributed by atoms with van der Waals surface area (Å²) in [6.45, 7) is 6.35. The number of hydrogen-bond acceptors (Lipinski definition) is 7. The minimum atomic E-state index is -0.280. The molecule has 2 fully saturated rings. The molecule has 0 spiro atoms. The first-order chi connectivity index (χ1) is 12.7. The SMILES string of the molecule is CCOC(=O)C1NNCC1CN1CCOC(Cc2ccc(OC)cc2)C1. The Morgan fingerprint density at radius 3 is 2.88 bits per heavy atom. The van der Waals surface area contributed by atoms with Gasteiger partial charge in [-0.15, -0.1) is 0 Å². The fraction of sp³-hybridized carbons (Fsp3) is 0.632. The quantitative estimate of drug-likeness (QED) is 0.687. The van der Waals surface area contributed by atoms with Gasteiger partial charge in [0.25, 0.3) is 0 Å². The monoisotopic (exact) mass is 363 g/mol. The topological polar surface area (TPSA) is 72.1 Å². The third kappa shape index (κ3) is 4.94. The number of nitrogens with zero attached hydrogens (tertiary/aromatic N) is 1. The Hall–Kier alpha value is -1.67. The van der Waals surface area contributed by atoms with Crippen molar-refractivity contribution in [2.75, 3.05) is 46.5 Å². The van der Waals surface area contributed by atoms with E-state index >= 15 is 0 Å². The Bertz CT molecular complexity index is 581. The first-order valence-electron chi connectivity index (χ1n) is 9.31. The highest BCUT2D eigenvalue weighted by Gasteiger charge is 2.36. The number of carbonyl (C=O) groups is 1. The molecule has 0 radical (unpaired) electrons. The van der Waals surface area contributed by atoms with Crippen molar-refractivity contribution in [3.8, 4) is 5.75 Å². The van der Waals surface area contributed by atoms with E-state index in [2.05, 4.69) is 27.9 Å². The molecule has 144 valence electrons. The first kappa shape index (κ1) is 19.1. The molecule has 0 aliphatic carbocycles. The Kier molecular flexibility index (Phi) is 6.85. The van der Waals surface area contributed by atoms with Crippen molar-refractivity contribution in [3.63, 3.8) is 0 Å². The van der Waals surface area contributed by atoms with E-state index in [0.717, 1.165) is 45.0 Å². The molecule has 2 saturated heterocycles. The second-order valence-electron chi connectivity index (χ2n) is 6.82. The standard InChI is InChI=1S/C19H29N3O4/c1-3-25-19(23)18-15(11-20-21-18)12-22-8-9-26-17(13-22)10-14-4-6-16(24-2)7-5-14/h4-7,15,17-18,20-21H,3,8-13H2,1-2H3. The molecule has 7 heteroatoms. The van der Waals surface area contributed by atoms with E-state index < -0.39 is 0 Å². The average molecular weight is 363 g/mol. The fourth-order valence-corrected chi connectivity index (χ4v) is 3.61. The maximum Gasteiger partial charge on any atom is 0.324 e. The lowest BCUT2D eigenvalue weighted by Gasteiger charge is -2.35. The van der Waals surface area contributed by atoms with Crippen molar-refractivity contribution in [2.45, 2.75) is 25.5 Å². The van der Waals surface area contributed by atoms with E-state index in [-0.39, 0.29) is 24.0 Å². The zero-order valence-corrected chi connectivity index (χ0v) is 15.6. The highest BCUT2D eigenvalue weighted by molar-refractivity contribution is 5.76. The average Bonchev–Trinajstić information content (AvgIpc) is 3.11. The molecule has 0 saturated carbocycles. The summed E-state index contributed by atoms with van der Waals surface area (Å²) in [4.78, 5) is 14.5. The number of carbonyl (C=O) groups excluding carboxylic acids is 1.